The summed E-state index contributed by atoms with van der Waals surface area (Å²) in [5.41, 5.74) is 3.27. The van der Waals surface area contributed by atoms with Gasteiger partial charge in [0.05, 0.1) is 26.5 Å². The molecule has 3 heterocycles. The van der Waals surface area contributed by atoms with Gasteiger partial charge in [-0.05, 0) is 48.9 Å². The minimum absolute atomic E-state index is 0.186. The fourth-order valence-electron chi connectivity index (χ4n) is 3.25. The van der Waals surface area contributed by atoms with Crippen molar-refractivity contribution in [3.05, 3.63) is 71.2 Å². The van der Waals surface area contributed by atoms with E-state index in [-0.39, 0.29) is 17.4 Å². The fraction of sp³-hybridized carbons (Fsp3) is 0.0909. The van der Waals surface area contributed by atoms with Gasteiger partial charge in [-0.3, -0.25) is 4.79 Å². The number of aromatic amines is 2. The smallest absolute Gasteiger partial charge is 0.323 e. The SMILES string of the molecule is CC(Sc1ncnc2cc(-c3ccc(F)cc3)sc12)C(=O)Nc1ccc2[nH]c(=O)[nH]c2c1. The van der Waals surface area contributed by atoms with Gasteiger partial charge in [0.25, 0.3) is 0 Å². The van der Waals surface area contributed by atoms with E-state index in [1.165, 1.54) is 41.6 Å². The van der Waals surface area contributed by atoms with E-state index in [4.69, 9.17) is 0 Å². The zero-order chi connectivity index (χ0) is 22.2. The lowest BCUT2D eigenvalue weighted by Crippen LogP contribution is -2.22. The monoisotopic (exact) mass is 465 g/mol. The van der Waals surface area contributed by atoms with Gasteiger partial charge in [-0.15, -0.1) is 11.3 Å². The first-order chi connectivity index (χ1) is 15.5. The van der Waals surface area contributed by atoms with E-state index in [1.807, 2.05) is 6.07 Å². The molecule has 2 aromatic carbocycles. The number of hydrogen-bond acceptors (Lipinski definition) is 6. The van der Waals surface area contributed by atoms with Crippen LogP contribution in [-0.4, -0.2) is 31.1 Å². The molecule has 0 aliphatic carbocycles. The molecular formula is C22H16FN5O2S2. The number of fused-ring (bicyclic) bond motifs is 2. The molecule has 0 saturated heterocycles. The van der Waals surface area contributed by atoms with Crippen LogP contribution < -0.4 is 11.0 Å². The van der Waals surface area contributed by atoms with Gasteiger partial charge in [0.15, 0.2) is 0 Å². The van der Waals surface area contributed by atoms with Gasteiger partial charge in [-0.1, -0.05) is 23.9 Å². The number of halogens is 1. The summed E-state index contributed by atoms with van der Waals surface area (Å²) in [7, 11) is 0. The lowest BCUT2D eigenvalue weighted by atomic mass is 10.2. The molecular weight excluding hydrogens is 449 g/mol. The number of rotatable bonds is 5. The number of anilines is 1. The minimum Gasteiger partial charge on any atom is -0.325 e. The minimum atomic E-state index is -0.426. The van der Waals surface area contributed by atoms with E-state index in [1.54, 1.807) is 37.3 Å². The summed E-state index contributed by atoms with van der Waals surface area (Å²) in [5, 5.41) is 3.16. The van der Waals surface area contributed by atoms with Crippen LogP contribution in [0.15, 0.2) is 64.7 Å². The Kier molecular flexibility index (Phi) is 5.24. The largest absolute Gasteiger partial charge is 0.325 e. The number of thiophene rings is 1. The zero-order valence-electron chi connectivity index (χ0n) is 16.7. The Hall–Kier alpha value is -3.50. The van der Waals surface area contributed by atoms with Gasteiger partial charge >= 0.3 is 5.69 Å². The number of H-pyrrole nitrogens is 2. The average molecular weight is 466 g/mol. The molecule has 1 unspecified atom stereocenters. The highest BCUT2D eigenvalue weighted by Gasteiger charge is 2.19. The second-order valence-corrected chi connectivity index (χ2v) is 9.48. The van der Waals surface area contributed by atoms with Crippen LogP contribution in [0.25, 0.3) is 31.7 Å². The summed E-state index contributed by atoms with van der Waals surface area (Å²) in [4.78, 5) is 39.2. The molecule has 0 bridgehead atoms. The summed E-state index contributed by atoms with van der Waals surface area (Å²) in [6.07, 6.45) is 1.48. The van der Waals surface area contributed by atoms with Crippen molar-refractivity contribution in [3.63, 3.8) is 0 Å². The molecule has 5 rings (SSSR count). The van der Waals surface area contributed by atoms with Crippen LogP contribution in [0.3, 0.4) is 0 Å². The maximum absolute atomic E-state index is 13.2. The standard InChI is InChI=1S/C22H16FN5O2S2/c1-11(20(29)26-14-6-7-15-16(8-14)28-22(30)27-15)31-21-19-17(24-10-25-21)9-18(32-19)12-2-4-13(23)5-3-12/h2-11H,1H3,(H,26,29)(H2,27,28,30). The van der Waals surface area contributed by atoms with Crippen LogP contribution in [0.1, 0.15) is 6.92 Å². The molecule has 160 valence electrons. The summed E-state index contributed by atoms with van der Waals surface area (Å²) in [6.45, 7) is 1.80. The highest BCUT2D eigenvalue weighted by atomic mass is 32.2. The van der Waals surface area contributed by atoms with E-state index < -0.39 is 5.25 Å². The first kappa shape index (κ1) is 20.4. The topological polar surface area (TPSA) is 104 Å². The van der Waals surface area contributed by atoms with Crippen molar-refractivity contribution < 1.29 is 9.18 Å². The van der Waals surface area contributed by atoms with Crippen LogP contribution in [0.2, 0.25) is 0 Å². The normalized spacial score (nSPS) is 12.3. The Labute approximate surface area is 189 Å². The van der Waals surface area contributed by atoms with Gasteiger partial charge < -0.3 is 15.3 Å². The van der Waals surface area contributed by atoms with Crippen molar-refractivity contribution in [3.8, 4) is 10.4 Å². The molecule has 10 heteroatoms. The molecule has 0 aliphatic heterocycles. The summed E-state index contributed by atoms with van der Waals surface area (Å²) in [5.74, 6) is -0.470. The predicted molar refractivity (Wildman–Crippen MR) is 126 cm³/mol. The average Bonchev–Trinajstić information content (AvgIpc) is 3.37. The molecule has 0 saturated carbocycles. The van der Waals surface area contributed by atoms with E-state index in [0.717, 1.165) is 20.7 Å². The fourth-order valence-corrected chi connectivity index (χ4v) is 5.34. The van der Waals surface area contributed by atoms with Gasteiger partial charge in [-0.25, -0.2) is 19.2 Å². The second kappa shape index (κ2) is 8.21. The molecule has 0 fully saturated rings. The highest BCUT2D eigenvalue weighted by molar-refractivity contribution is 8.00. The van der Waals surface area contributed by atoms with Crippen molar-refractivity contribution in [2.24, 2.45) is 0 Å². The Morgan fingerprint density at radius 3 is 2.69 bits per heavy atom. The number of nitrogens with one attached hydrogen (secondary N) is 3. The number of imidazole rings is 1. The third kappa shape index (κ3) is 4.02. The van der Waals surface area contributed by atoms with E-state index in [2.05, 4.69) is 25.3 Å². The third-order valence-corrected chi connectivity index (χ3v) is 7.26. The van der Waals surface area contributed by atoms with Gasteiger partial charge in [-0.2, -0.15) is 0 Å². The number of benzene rings is 2. The van der Waals surface area contributed by atoms with Gasteiger partial charge in [0.2, 0.25) is 5.91 Å². The molecule has 1 atom stereocenters. The zero-order valence-corrected chi connectivity index (χ0v) is 18.3. The lowest BCUT2D eigenvalue weighted by Gasteiger charge is -2.12. The van der Waals surface area contributed by atoms with E-state index in [9.17, 15) is 14.0 Å². The number of amides is 1. The van der Waals surface area contributed by atoms with Crippen LogP contribution >= 0.6 is 23.1 Å². The first-order valence-corrected chi connectivity index (χ1v) is 11.4. The lowest BCUT2D eigenvalue weighted by molar-refractivity contribution is -0.115. The van der Waals surface area contributed by atoms with Crippen molar-refractivity contribution >= 4 is 55.9 Å². The third-order valence-electron chi connectivity index (χ3n) is 4.85. The number of thioether (sulfide) groups is 1. The van der Waals surface area contributed by atoms with Crippen LogP contribution in [0.5, 0.6) is 0 Å². The van der Waals surface area contributed by atoms with Gasteiger partial charge in [0, 0.05) is 10.6 Å². The van der Waals surface area contributed by atoms with Gasteiger partial charge in [0.1, 0.15) is 17.2 Å². The molecule has 3 aromatic heterocycles. The number of nitrogens with zero attached hydrogens (tertiary/aromatic N) is 2. The Morgan fingerprint density at radius 1 is 1.09 bits per heavy atom. The van der Waals surface area contributed by atoms with Crippen molar-refractivity contribution in [1.82, 2.24) is 19.9 Å². The highest BCUT2D eigenvalue weighted by Crippen LogP contribution is 2.38. The Morgan fingerprint density at radius 2 is 1.88 bits per heavy atom. The summed E-state index contributed by atoms with van der Waals surface area (Å²) < 4.78 is 14.1. The first-order valence-electron chi connectivity index (χ1n) is 9.66. The maximum Gasteiger partial charge on any atom is 0.323 e. The molecule has 0 spiro atoms. The van der Waals surface area contributed by atoms with Crippen LogP contribution in [0.4, 0.5) is 10.1 Å². The van der Waals surface area contributed by atoms with Crippen molar-refractivity contribution in [1.29, 1.82) is 0 Å². The van der Waals surface area contributed by atoms with E-state index in [0.29, 0.717) is 21.7 Å². The molecule has 1 amide bonds. The van der Waals surface area contributed by atoms with Crippen molar-refractivity contribution in [2.75, 3.05) is 5.32 Å². The second-order valence-electron chi connectivity index (χ2n) is 7.10. The summed E-state index contributed by atoms with van der Waals surface area (Å²) in [6, 6.07) is 13.4. The summed E-state index contributed by atoms with van der Waals surface area (Å²) >= 11 is 2.85. The molecule has 0 aliphatic rings. The molecule has 0 radical (unpaired) electrons. The predicted octanol–water partition coefficient (Wildman–Crippen LogP) is 4.79. The number of carbonyl (C=O) groups is 1. The Balaban J connectivity index is 1.36. The molecule has 5 aromatic rings. The molecule has 3 N–H and O–H groups in total. The molecule has 7 nitrogen and oxygen atoms in total. The quantitative estimate of drug-likeness (QED) is 0.256. The van der Waals surface area contributed by atoms with Crippen molar-refractivity contribution in [2.45, 2.75) is 17.2 Å². The maximum atomic E-state index is 13.2. The number of carbonyl (C=O) groups excluding carboxylic acids is 1. The van der Waals surface area contributed by atoms with Crippen LogP contribution in [-0.2, 0) is 4.79 Å². The Bertz CT molecular complexity index is 1510. The number of aromatic nitrogens is 4. The van der Waals surface area contributed by atoms with Crippen LogP contribution in [0, 0.1) is 5.82 Å². The molecule has 32 heavy (non-hydrogen) atoms. The van der Waals surface area contributed by atoms with E-state index >= 15 is 0 Å². The number of hydrogen-bond donors (Lipinski definition) is 3.